The van der Waals surface area contributed by atoms with Gasteiger partial charge in [0.15, 0.2) is 0 Å². The molecule has 0 unspecified atom stereocenters. The monoisotopic (exact) mass is 354 g/mol. The number of amides is 1. The van der Waals surface area contributed by atoms with Crippen LogP contribution in [-0.4, -0.2) is 38.4 Å². The maximum Gasteiger partial charge on any atom is 0.223 e. The van der Waals surface area contributed by atoms with E-state index in [0.717, 1.165) is 48.7 Å². The highest BCUT2D eigenvalue weighted by molar-refractivity contribution is 7.18. The van der Waals surface area contributed by atoms with E-state index in [1.807, 2.05) is 42.5 Å². The Hall–Kier alpha value is -2.21. The van der Waals surface area contributed by atoms with Crippen LogP contribution < -0.4 is 0 Å². The number of carbonyl (C=O) groups is 1. The molecule has 25 heavy (non-hydrogen) atoms. The lowest BCUT2D eigenvalue weighted by Gasteiger charge is -2.32. The molecule has 0 N–H and O–H groups in total. The van der Waals surface area contributed by atoms with E-state index in [4.69, 9.17) is 0 Å². The number of aromatic nitrogens is 3. The highest BCUT2D eigenvalue weighted by atomic mass is 32.1. The molecule has 1 atom stereocenters. The number of fused-ring (bicyclic) bond motifs is 1. The molecular formula is C19H22N4OS. The lowest BCUT2D eigenvalue weighted by molar-refractivity contribution is -0.132. The van der Waals surface area contributed by atoms with Crippen molar-refractivity contribution in [1.82, 2.24) is 19.4 Å². The Balaban J connectivity index is 1.38. The van der Waals surface area contributed by atoms with Crippen molar-refractivity contribution >= 4 is 27.5 Å². The first-order valence-electron chi connectivity index (χ1n) is 8.80. The highest BCUT2D eigenvalue weighted by Gasteiger charge is 2.26. The number of imidazole rings is 1. The van der Waals surface area contributed by atoms with Gasteiger partial charge in [0.25, 0.3) is 0 Å². The molecule has 2 aromatic heterocycles. The van der Waals surface area contributed by atoms with Crippen molar-refractivity contribution in [3.8, 4) is 0 Å². The quantitative estimate of drug-likeness (QED) is 0.722. The van der Waals surface area contributed by atoms with E-state index in [1.54, 1.807) is 11.3 Å². The third kappa shape index (κ3) is 3.44. The molecule has 3 heterocycles. The van der Waals surface area contributed by atoms with Gasteiger partial charge in [0.1, 0.15) is 5.82 Å². The van der Waals surface area contributed by atoms with Crippen LogP contribution in [0.25, 0.3) is 10.2 Å². The van der Waals surface area contributed by atoms with Crippen molar-refractivity contribution in [3.63, 3.8) is 0 Å². The standard InChI is InChI=1S/C19H22N4OS/c1-22-12-10-20-19(22)14-5-4-11-23(13-14)18(24)9-8-17-21-15-6-2-3-7-16(15)25-17/h2-3,6-7,10,12,14H,4-5,8-9,11,13H2,1H3/t14-/m0/s1. The zero-order chi connectivity index (χ0) is 17.2. The van der Waals surface area contributed by atoms with E-state index in [-0.39, 0.29) is 5.91 Å². The molecule has 1 amide bonds. The molecule has 5 nitrogen and oxygen atoms in total. The van der Waals surface area contributed by atoms with Crippen molar-refractivity contribution in [2.75, 3.05) is 13.1 Å². The van der Waals surface area contributed by atoms with Crippen LogP contribution in [0.2, 0.25) is 0 Å². The van der Waals surface area contributed by atoms with Crippen molar-refractivity contribution in [1.29, 1.82) is 0 Å². The van der Waals surface area contributed by atoms with Gasteiger partial charge in [-0.25, -0.2) is 9.97 Å². The van der Waals surface area contributed by atoms with Crippen LogP contribution >= 0.6 is 11.3 Å². The molecule has 3 aromatic rings. The van der Waals surface area contributed by atoms with Crippen molar-refractivity contribution in [2.24, 2.45) is 7.05 Å². The Labute approximate surface area is 151 Å². The molecule has 1 aromatic carbocycles. The van der Waals surface area contributed by atoms with Crippen molar-refractivity contribution < 1.29 is 4.79 Å². The molecule has 4 rings (SSSR count). The van der Waals surface area contributed by atoms with E-state index in [0.29, 0.717) is 12.3 Å². The molecular weight excluding hydrogens is 332 g/mol. The van der Waals surface area contributed by atoms with E-state index in [9.17, 15) is 4.79 Å². The van der Waals surface area contributed by atoms with E-state index < -0.39 is 0 Å². The first kappa shape index (κ1) is 16.3. The Morgan fingerprint density at radius 2 is 2.24 bits per heavy atom. The maximum atomic E-state index is 12.7. The molecule has 1 fully saturated rings. The minimum absolute atomic E-state index is 0.234. The Kier molecular flexibility index (Phi) is 4.53. The SMILES string of the molecule is Cn1ccnc1[C@H]1CCCN(C(=O)CCc2nc3ccccc3s2)C1. The summed E-state index contributed by atoms with van der Waals surface area (Å²) in [4.78, 5) is 23.8. The number of thiazole rings is 1. The first-order valence-corrected chi connectivity index (χ1v) is 9.62. The molecule has 0 spiro atoms. The molecule has 1 aliphatic rings. The number of aryl methyl sites for hydroxylation is 2. The van der Waals surface area contributed by atoms with Gasteiger partial charge in [-0.3, -0.25) is 4.79 Å². The number of nitrogens with zero attached hydrogens (tertiary/aromatic N) is 4. The van der Waals surface area contributed by atoms with Gasteiger partial charge in [-0.1, -0.05) is 12.1 Å². The van der Waals surface area contributed by atoms with Crippen molar-refractivity contribution in [3.05, 3.63) is 47.5 Å². The van der Waals surface area contributed by atoms with Gasteiger partial charge in [-0.15, -0.1) is 11.3 Å². The summed E-state index contributed by atoms with van der Waals surface area (Å²) < 4.78 is 3.26. The first-order chi connectivity index (χ1) is 12.2. The van der Waals surface area contributed by atoms with Gasteiger partial charge >= 0.3 is 0 Å². The number of piperidine rings is 1. The molecule has 130 valence electrons. The maximum absolute atomic E-state index is 12.7. The molecule has 0 radical (unpaired) electrons. The number of likely N-dealkylation sites (tertiary alicyclic amines) is 1. The molecule has 0 aliphatic carbocycles. The number of benzene rings is 1. The molecule has 0 bridgehead atoms. The third-order valence-electron chi connectivity index (χ3n) is 4.89. The van der Waals surface area contributed by atoms with Gasteiger partial charge in [0.05, 0.1) is 15.2 Å². The zero-order valence-electron chi connectivity index (χ0n) is 14.4. The average molecular weight is 354 g/mol. The molecule has 1 aliphatic heterocycles. The largest absolute Gasteiger partial charge is 0.342 e. The van der Waals surface area contributed by atoms with Gasteiger partial charge in [-0.05, 0) is 25.0 Å². The number of rotatable bonds is 4. The molecule has 6 heteroatoms. The van der Waals surface area contributed by atoms with Crippen LogP contribution in [0.3, 0.4) is 0 Å². The number of para-hydroxylation sites is 1. The van der Waals surface area contributed by atoms with Crippen LogP contribution in [0.5, 0.6) is 0 Å². The fraction of sp³-hybridized carbons (Fsp3) is 0.421. The number of carbonyl (C=O) groups excluding carboxylic acids is 1. The summed E-state index contributed by atoms with van der Waals surface area (Å²) in [6.45, 7) is 1.64. The third-order valence-corrected chi connectivity index (χ3v) is 5.98. The topological polar surface area (TPSA) is 51.0 Å². The van der Waals surface area contributed by atoms with Crippen LogP contribution in [0.15, 0.2) is 36.7 Å². The summed E-state index contributed by atoms with van der Waals surface area (Å²) >= 11 is 1.69. The predicted octanol–water partition coefficient (Wildman–Crippen LogP) is 3.37. The van der Waals surface area contributed by atoms with E-state index in [1.165, 1.54) is 4.70 Å². The lowest BCUT2D eigenvalue weighted by atomic mass is 9.97. The fourth-order valence-corrected chi connectivity index (χ4v) is 4.55. The number of hydrogen-bond donors (Lipinski definition) is 0. The predicted molar refractivity (Wildman–Crippen MR) is 99.7 cm³/mol. The second-order valence-corrected chi connectivity index (χ2v) is 7.77. The van der Waals surface area contributed by atoms with Crippen LogP contribution in [-0.2, 0) is 18.3 Å². The Bertz CT molecular complexity index is 851. The summed E-state index contributed by atoms with van der Waals surface area (Å²) in [5, 5.41) is 1.05. The second kappa shape index (κ2) is 6.96. The molecule has 0 saturated carbocycles. The minimum Gasteiger partial charge on any atom is -0.342 e. The van der Waals surface area contributed by atoms with Gasteiger partial charge in [0, 0.05) is 51.3 Å². The fourth-order valence-electron chi connectivity index (χ4n) is 3.58. The van der Waals surface area contributed by atoms with Gasteiger partial charge in [-0.2, -0.15) is 0 Å². The Morgan fingerprint density at radius 1 is 1.36 bits per heavy atom. The number of hydrogen-bond acceptors (Lipinski definition) is 4. The average Bonchev–Trinajstić information content (AvgIpc) is 3.25. The van der Waals surface area contributed by atoms with Crippen LogP contribution in [0.1, 0.15) is 36.0 Å². The normalized spacial score (nSPS) is 18.0. The zero-order valence-corrected chi connectivity index (χ0v) is 15.2. The summed E-state index contributed by atoms with van der Waals surface area (Å²) in [6.07, 6.45) is 7.22. The molecule has 1 saturated heterocycles. The van der Waals surface area contributed by atoms with Gasteiger partial charge in [0.2, 0.25) is 5.91 Å². The summed E-state index contributed by atoms with van der Waals surface area (Å²) in [5.41, 5.74) is 1.03. The van der Waals surface area contributed by atoms with E-state index >= 15 is 0 Å². The summed E-state index contributed by atoms with van der Waals surface area (Å²) in [5.74, 6) is 1.67. The Morgan fingerprint density at radius 3 is 3.04 bits per heavy atom. The summed E-state index contributed by atoms with van der Waals surface area (Å²) in [6, 6.07) is 8.14. The lowest BCUT2D eigenvalue weighted by Crippen LogP contribution is -2.39. The second-order valence-electron chi connectivity index (χ2n) is 6.65. The highest BCUT2D eigenvalue weighted by Crippen LogP contribution is 2.27. The van der Waals surface area contributed by atoms with E-state index in [2.05, 4.69) is 20.6 Å². The van der Waals surface area contributed by atoms with Crippen molar-refractivity contribution in [2.45, 2.75) is 31.6 Å². The smallest absolute Gasteiger partial charge is 0.223 e. The van der Waals surface area contributed by atoms with Crippen LogP contribution in [0.4, 0.5) is 0 Å². The van der Waals surface area contributed by atoms with Crippen LogP contribution in [0, 0.1) is 0 Å². The summed E-state index contributed by atoms with van der Waals surface area (Å²) in [7, 11) is 2.02. The van der Waals surface area contributed by atoms with Gasteiger partial charge < -0.3 is 9.47 Å². The minimum atomic E-state index is 0.234.